The van der Waals surface area contributed by atoms with Gasteiger partial charge in [-0.1, -0.05) is 15.9 Å². The summed E-state index contributed by atoms with van der Waals surface area (Å²) >= 11 is 3.10. The number of rotatable bonds is 1. The highest BCUT2D eigenvalue weighted by Crippen LogP contribution is 2.25. The standard InChI is InChI=1S/C8H6BrF2/c1-5-2-3-6(9)4-7(5)8(10)11/h3-4,8H,1H3. The van der Waals surface area contributed by atoms with Crippen molar-refractivity contribution in [1.82, 2.24) is 0 Å². The van der Waals surface area contributed by atoms with Crippen LogP contribution in [0.4, 0.5) is 8.78 Å². The fraction of sp³-hybridized carbons (Fsp3) is 0.250. The lowest BCUT2D eigenvalue weighted by atomic mass is 10.1. The second kappa shape index (κ2) is 3.30. The van der Waals surface area contributed by atoms with Crippen LogP contribution in [0.3, 0.4) is 0 Å². The van der Waals surface area contributed by atoms with Crippen LogP contribution >= 0.6 is 15.9 Å². The Hall–Kier alpha value is -0.440. The monoisotopic (exact) mass is 219 g/mol. The molecule has 59 valence electrons. The third-order valence-electron chi connectivity index (χ3n) is 1.39. The zero-order valence-electron chi connectivity index (χ0n) is 5.87. The third-order valence-corrected chi connectivity index (χ3v) is 1.85. The Bertz CT molecular complexity index is 258. The maximum Gasteiger partial charge on any atom is 0.264 e. The van der Waals surface area contributed by atoms with Crippen molar-refractivity contribution in [3.05, 3.63) is 33.8 Å². The molecule has 11 heavy (non-hydrogen) atoms. The quantitative estimate of drug-likeness (QED) is 0.679. The molecule has 1 aromatic rings. The van der Waals surface area contributed by atoms with Crippen molar-refractivity contribution in [2.75, 3.05) is 0 Å². The molecule has 0 saturated heterocycles. The van der Waals surface area contributed by atoms with E-state index in [1.807, 2.05) is 0 Å². The van der Waals surface area contributed by atoms with E-state index in [1.165, 1.54) is 6.07 Å². The van der Waals surface area contributed by atoms with Gasteiger partial charge < -0.3 is 0 Å². The zero-order chi connectivity index (χ0) is 8.43. The summed E-state index contributed by atoms with van der Waals surface area (Å²) < 4.78 is 25.0. The molecule has 0 bridgehead atoms. The predicted octanol–water partition coefficient (Wildman–Crippen LogP) is 3.50. The van der Waals surface area contributed by atoms with E-state index in [1.54, 1.807) is 13.0 Å². The SMILES string of the molecule is Cc1[c]cc(Br)cc1C(F)F. The largest absolute Gasteiger partial charge is 0.264 e. The summed E-state index contributed by atoms with van der Waals surface area (Å²) in [4.78, 5) is 0. The zero-order valence-corrected chi connectivity index (χ0v) is 7.45. The second-order valence-corrected chi connectivity index (χ2v) is 3.11. The lowest BCUT2D eigenvalue weighted by Gasteiger charge is -2.03. The van der Waals surface area contributed by atoms with Crippen molar-refractivity contribution in [2.45, 2.75) is 13.3 Å². The molecule has 0 aliphatic heterocycles. The summed E-state index contributed by atoms with van der Waals surface area (Å²) in [6.07, 6.45) is -2.41. The molecule has 0 spiro atoms. The number of aryl methyl sites for hydroxylation is 1. The highest BCUT2D eigenvalue weighted by Gasteiger charge is 2.09. The fourth-order valence-corrected chi connectivity index (χ4v) is 1.15. The van der Waals surface area contributed by atoms with Gasteiger partial charge in [-0.2, -0.15) is 0 Å². The Labute approximate surface area is 72.4 Å². The van der Waals surface area contributed by atoms with Crippen molar-refractivity contribution in [3.63, 3.8) is 0 Å². The molecule has 0 N–H and O–H groups in total. The van der Waals surface area contributed by atoms with Crippen LogP contribution in [0.15, 0.2) is 16.6 Å². The summed E-state index contributed by atoms with van der Waals surface area (Å²) in [7, 11) is 0. The average molecular weight is 220 g/mol. The number of hydrogen-bond acceptors (Lipinski definition) is 0. The molecule has 3 heteroatoms. The predicted molar refractivity (Wildman–Crippen MR) is 42.7 cm³/mol. The average Bonchev–Trinajstić information content (AvgIpc) is 1.94. The Morgan fingerprint density at radius 2 is 2.18 bits per heavy atom. The van der Waals surface area contributed by atoms with Gasteiger partial charge in [0.05, 0.1) is 0 Å². The van der Waals surface area contributed by atoms with E-state index in [-0.39, 0.29) is 5.56 Å². The normalized spacial score (nSPS) is 10.6. The Balaban J connectivity index is 3.13. The van der Waals surface area contributed by atoms with Crippen molar-refractivity contribution >= 4 is 15.9 Å². The smallest absolute Gasteiger partial charge is 0.205 e. The molecule has 0 aromatic heterocycles. The van der Waals surface area contributed by atoms with Crippen LogP contribution in [0.2, 0.25) is 0 Å². The van der Waals surface area contributed by atoms with Gasteiger partial charge >= 0.3 is 0 Å². The molecule has 0 amide bonds. The Morgan fingerprint density at radius 1 is 1.55 bits per heavy atom. The molecule has 1 aromatic carbocycles. The fourth-order valence-electron chi connectivity index (χ4n) is 0.786. The van der Waals surface area contributed by atoms with Crippen LogP contribution in [0.5, 0.6) is 0 Å². The minimum atomic E-state index is -2.41. The first kappa shape index (κ1) is 8.65. The summed E-state index contributed by atoms with van der Waals surface area (Å²) in [6.45, 7) is 1.62. The molecule has 0 nitrogen and oxygen atoms in total. The van der Waals surface area contributed by atoms with Crippen LogP contribution < -0.4 is 0 Å². The number of alkyl halides is 2. The first-order chi connectivity index (χ1) is 5.11. The lowest BCUT2D eigenvalue weighted by molar-refractivity contribution is 0.150. The Morgan fingerprint density at radius 3 is 2.64 bits per heavy atom. The second-order valence-electron chi connectivity index (χ2n) is 2.20. The summed E-state index contributed by atoms with van der Waals surface area (Å²) in [5.41, 5.74) is 0.544. The van der Waals surface area contributed by atoms with Crippen LogP contribution in [0, 0.1) is 13.0 Å². The van der Waals surface area contributed by atoms with E-state index in [4.69, 9.17) is 0 Å². The first-order valence-electron chi connectivity index (χ1n) is 3.07. The molecule has 0 unspecified atom stereocenters. The molecule has 0 saturated carbocycles. The van der Waals surface area contributed by atoms with Gasteiger partial charge in [0.1, 0.15) is 0 Å². The molecular formula is C8H6BrF2. The summed E-state index contributed by atoms with van der Waals surface area (Å²) in [5.74, 6) is 0. The van der Waals surface area contributed by atoms with E-state index in [9.17, 15) is 8.78 Å². The van der Waals surface area contributed by atoms with Crippen molar-refractivity contribution in [3.8, 4) is 0 Å². The molecule has 0 atom stereocenters. The van der Waals surface area contributed by atoms with Crippen LogP contribution in [-0.4, -0.2) is 0 Å². The Kier molecular flexibility index (Phi) is 2.60. The van der Waals surface area contributed by atoms with E-state index >= 15 is 0 Å². The third kappa shape index (κ3) is 1.99. The molecular weight excluding hydrogens is 214 g/mol. The molecule has 0 heterocycles. The number of benzene rings is 1. The first-order valence-corrected chi connectivity index (χ1v) is 3.86. The van der Waals surface area contributed by atoms with Crippen LogP contribution in [0.1, 0.15) is 17.6 Å². The van der Waals surface area contributed by atoms with E-state index in [2.05, 4.69) is 22.0 Å². The van der Waals surface area contributed by atoms with E-state index in [0.29, 0.717) is 10.0 Å². The summed E-state index contributed by atoms with van der Waals surface area (Å²) in [6, 6.07) is 5.76. The highest BCUT2D eigenvalue weighted by molar-refractivity contribution is 9.10. The minimum Gasteiger partial charge on any atom is -0.205 e. The van der Waals surface area contributed by atoms with E-state index in [0.717, 1.165) is 0 Å². The van der Waals surface area contributed by atoms with Gasteiger partial charge in [0.15, 0.2) is 0 Å². The van der Waals surface area contributed by atoms with Crippen molar-refractivity contribution in [2.24, 2.45) is 0 Å². The molecule has 0 aliphatic carbocycles. The maximum absolute atomic E-state index is 12.2. The lowest BCUT2D eigenvalue weighted by Crippen LogP contribution is -1.88. The molecule has 1 rings (SSSR count). The van der Waals surface area contributed by atoms with Gasteiger partial charge in [0, 0.05) is 10.0 Å². The van der Waals surface area contributed by atoms with Crippen LogP contribution in [-0.2, 0) is 0 Å². The van der Waals surface area contributed by atoms with Crippen molar-refractivity contribution < 1.29 is 8.78 Å². The minimum absolute atomic E-state index is 0.0411. The molecule has 0 aliphatic rings. The van der Waals surface area contributed by atoms with Gasteiger partial charge in [0.25, 0.3) is 6.43 Å². The number of hydrogen-bond donors (Lipinski definition) is 0. The molecule has 0 fully saturated rings. The van der Waals surface area contributed by atoms with E-state index < -0.39 is 6.43 Å². The highest BCUT2D eigenvalue weighted by atomic mass is 79.9. The van der Waals surface area contributed by atoms with Gasteiger partial charge in [-0.25, -0.2) is 8.78 Å². The summed E-state index contributed by atoms with van der Waals surface area (Å²) in [5, 5.41) is 0. The van der Waals surface area contributed by atoms with Gasteiger partial charge in [-0.3, -0.25) is 0 Å². The maximum atomic E-state index is 12.2. The topological polar surface area (TPSA) is 0 Å². The van der Waals surface area contributed by atoms with Gasteiger partial charge in [0.2, 0.25) is 0 Å². The van der Waals surface area contributed by atoms with Gasteiger partial charge in [-0.05, 0) is 30.7 Å². The van der Waals surface area contributed by atoms with Crippen LogP contribution in [0.25, 0.3) is 0 Å². The van der Waals surface area contributed by atoms with Gasteiger partial charge in [-0.15, -0.1) is 0 Å². The van der Waals surface area contributed by atoms with Crippen molar-refractivity contribution in [1.29, 1.82) is 0 Å². The number of halogens is 3. The molecule has 1 radical (unpaired) electrons.